The third-order valence-corrected chi connectivity index (χ3v) is 6.34. The highest BCUT2D eigenvalue weighted by Crippen LogP contribution is 2.27. The number of nitrogens with zero attached hydrogens (tertiary/aromatic N) is 5. The van der Waals surface area contributed by atoms with Crippen LogP contribution < -0.4 is 15.4 Å². The van der Waals surface area contributed by atoms with Crippen LogP contribution in [0.5, 0.6) is 5.88 Å². The van der Waals surface area contributed by atoms with Crippen molar-refractivity contribution in [3.8, 4) is 11.7 Å². The van der Waals surface area contributed by atoms with Gasteiger partial charge >= 0.3 is 0 Å². The molecule has 0 saturated heterocycles. The number of halogens is 1. The highest BCUT2D eigenvalue weighted by atomic mass is 35.5. The maximum Gasteiger partial charge on any atom is 0.274 e. The fourth-order valence-electron chi connectivity index (χ4n) is 3.54. The third-order valence-electron chi connectivity index (χ3n) is 6.05. The minimum atomic E-state index is -0.528. The van der Waals surface area contributed by atoms with E-state index in [4.69, 9.17) is 16.3 Å². The number of aryl methyl sites for hydroxylation is 1. The van der Waals surface area contributed by atoms with Crippen LogP contribution in [0.2, 0.25) is 5.02 Å². The normalized spacial score (nSPS) is 12.4. The van der Waals surface area contributed by atoms with E-state index in [1.807, 2.05) is 40.7 Å². The molecule has 36 heavy (non-hydrogen) atoms. The fourth-order valence-corrected chi connectivity index (χ4v) is 3.74. The third kappa shape index (κ3) is 4.76. The van der Waals surface area contributed by atoms with Gasteiger partial charge in [0.05, 0.1) is 29.5 Å². The zero-order chi connectivity index (χ0) is 26.2. The maximum atomic E-state index is 13.6. The molecule has 0 fully saturated rings. The predicted octanol–water partition coefficient (Wildman–Crippen LogP) is 4.30. The van der Waals surface area contributed by atoms with Gasteiger partial charge in [0.15, 0.2) is 11.5 Å². The Morgan fingerprint density at radius 1 is 1.14 bits per heavy atom. The van der Waals surface area contributed by atoms with E-state index >= 15 is 0 Å². The summed E-state index contributed by atoms with van der Waals surface area (Å²) in [6.07, 6.45) is 3.15. The first-order valence-electron chi connectivity index (χ1n) is 11.4. The molecule has 11 heteroatoms. The van der Waals surface area contributed by atoms with Crippen LogP contribution in [0.1, 0.15) is 54.2 Å². The first-order chi connectivity index (χ1) is 17.0. The van der Waals surface area contributed by atoms with Crippen molar-refractivity contribution in [3.05, 3.63) is 64.7 Å². The number of anilines is 1. The summed E-state index contributed by atoms with van der Waals surface area (Å²) in [5, 5.41) is 14.9. The summed E-state index contributed by atoms with van der Waals surface area (Å²) in [6.45, 7) is 9.88. The maximum absolute atomic E-state index is 13.6. The van der Waals surface area contributed by atoms with Crippen LogP contribution in [0.15, 0.2) is 42.7 Å². The monoisotopic (exact) mass is 509 g/mol. The zero-order valence-corrected chi connectivity index (χ0v) is 21.7. The Bertz CT molecular complexity index is 1450. The smallest absolute Gasteiger partial charge is 0.274 e. The van der Waals surface area contributed by atoms with E-state index in [2.05, 4.69) is 25.8 Å². The predicted molar refractivity (Wildman–Crippen MR) is 137 cm³/mol. The molecule has 4 heterocycles. The Balaban J connectivity index is 1.79. The molecule has 188 valence electrons. The quantitative estimate of drug-likeness (QED) is 0.400. The van der Waals surface area contributed by atoms with Gasteiger partial charge in [0.2, 0.25) is 5.88 Å². The number of amides is 2. The summed E-state index contributed by atoms with van der Waals surface area (Å²) in [4.78, 5) is 31.3. The number of nitrogens with one attached hydrogen (secondary N) is 2. The van der Waals surface area contributed by atoms with Crippen molar-refractivity contribution in [2.24, 2.45) is 5.41 Å². The molecule has 0 radical (unpaired) electrons. The summed E-state index contributed by atoms with van der Waals surface area (Å²) < 4.78 is 8.06. The number of carbonyl (C=O) groups is 2. The van der Waals surface area contributed by atoms with Gasteiger partial charge in [-0.25, -0.2) is 14.2 Å². The molecule has 0 bridgehead atoms. The van der Waals surface area contributed by atoms with Gasteiger partial charge in [-0.1, -0.05) is 32.4 Å². The summed E-state index contributed by atoms with van der Waals surface area (Å²) in [7, 11) is 1.45. The van der Waals surface area contributed by atoms with Gasteiger partial charge < -0.3 is 15.4 Å². The van der Waals surface area contributed by atoms with Crippen LogP contribution in [-0.2, 0) is 0 Å². The number of carbonyl (C=O) groups excluding carboxylic acids is 2. The van der Waals surface area contributed by atoms with E-state index in [0.29, 0.717) is 16.3 Å². The summed E-state index contributed by atoms with van der Waals surface area (Å²) in [5.41, 5.74) is 1.92. The lowest BCUT2D eigenvalue weighted by Crippen LogP contribution is -2.42. The number of methoxy groups -OCH3 is 1. The van der Waals surface area contributed by atoms with Gasteiger partial charge in [-0.2, -0.15) is 5.10 Å². The van der Waals surface area contributed by atoms with Gasteiger partial charge in [0, 0.05) is 18.3 Å². The van der Waals surface area contributed by atoms with Crippen molar-refractivity contribution in [1.82, 2.24) is 29.7 Å². The molecule has 1 unspecified atom stereocenters. The number of ether oxygens (including phenoxy) is 1. The lowest BCUT2D eigenvalue weighted by molar-refractivity contribution is 0.0903. The Morgan fingerprint density at radius 2 is 1.89 bits per heavy atom. The molecule has 0 aliphatic rings. The standard InChI is InChI=1S/C25H28ClN7O3/c1-14-12-16-9-11-28-32(16)21(24(35)29-15(2)25(3,4)5)20(14)30-23(34)18-13-19(36-6)31-33(18)22-17(26)8-7-10-27-22/h7-13,15H,1-6H3,(H,29,35)(H,30,34). The topological polar surface area (TPSA) is 115 Å². The first-order valence-corrected chi connectivity index (χ1v) is 11.7. The molecule has 0 spiro atoms. The first kappa shape index (κ1) is 25.2. The van der Waals surface area contributed by atoms with Crippen molar-refractivity contribution < 1.29 is 14.3 Å². The minimum absolute atomic E-state index is 0.127. The van der Waals surface area contributed by atoms with E-state index in [9.17, 15) is 9.59 Å². The average molecular weight is 510 g/mol. The molecule has 4 aromatic rings. The number of aromatic nitrogens is 5. The van der Waals surface area contributed by atoms with E-state index in [0.717, 1.165) is 5.52 Å². The van der Waals surface area contributed by atoms with Gasteiger partial charge in [-0.3, -0.25) is 9.59 Å². The van der Waals surface area contributed by atoms with Gasteiger partial charge in [0.25, 0.3) is 11.8 Å². The lowest BCUT2D eigenvalue weighted by Gasteiger charge is -2.28. The Morgan fingerprint density at radius 3 is 2.56 bits per heavy atom. The number of fused-ring (bicyclic) bond motifs is 1. The molecule has 0 saturated carbocycles. The number of pyridine rings is 2. The van der Waals surface area contributed by atoms with Gasteiger partial charge in [-0.05, 0) is 49.1 Å². The largest absolute Gasteiger partial charge is 0.480 e. The van der Waals surface area contributed by atoms with E-state index < -0.39 is 5.91 Å². The Kier molecular flexibility index (Phi) is 6.73. The average Bonchev–Trinajstić information content (AvgIpc) is 3.45. The highest BCUT2D eigenvalue weighted by molar-refractivity contribution is 6.32. The molecule has 4 rings (SSSR count). The lowest BCUT2D eigenvalue weighted by atomic mass is 9.88. The number of hydrogen-bond acceptors (Lipinski definition) is 6. The van der Waals surface area contributed by atoms with Crippen molar-refractivity contribution in [2.75, 3.05) is 12.4 Å². The highest BCUT2D eigenvalue weighted by Gasteiger charge is 2.28. The molecule has 0 aromatic carbocycles. The molecule has 2 N–H and O–H groups in total. The molecule has 1 atom stereocenters. The fraction of sp³-hybridized carbons (Fsp3) is 0.320. The molecular weight excluding hydrogens is 482 g/mol. The zero-order valence-electron chi connectivity index (χ0n) is 21.0. The second kappa shape index (κ2) is 9.62. The molecule has 2 amide bonds. The summed E-state index contributed by atoms with van der Waals surface area (Å²) in [5.74, 6) is -0.411. The Hall–Kier alpha value is -3.92. The van der Waals surface area contributed by atoms with Gasteiger partial charge in [-0.15, -0.1) is 5.10 Å². The van der Waals surface area contributed by atoms with Crippen LogP contribution in [0, 0.1) is 12.3 Å². The molecule has 0 aliphatic heterocycles. The van der Waals surface area contributed by atoms with Crippen LogP contribution in [0.4, 0.5) is 5.69 Å². The Labute approximate surface area is 213 Å². The molecule has 0 aliphatic carbocycles. The van der Waals surface area contributed by atoms with Gasteiger partial charge in [0.1, 0.15) is 5.69 Å². The van der Waals surface area contributed by atoms with E-state index in [-0.39, 0.29) is 40.4 Å². The number of rotatable bonds is 6. The van der Waals surface area contributed by atoms with Crippen molar-refractivity contribution >= 4 is 34.6 Å². The van der Waals surface area contributed by atoms with E-state index in [1.165, 1.54) is 22.4 Å². The van der Waals surface area contributed by atoms with Crippen molar-refractivity contribution in [1.29, 1.82) is 0 Å². The second-order valence-corrected chi connectivity index (χ2v) is 9.93. The van der Waals surface area contributed by atoms with Crippen LogP contribution in [0.3, 0.4) is 0 Å². The molecule has 4 aromatic heterocycles. The van der Waals surface area contributed by atoms with Crippen LogP contribution >= 0.6 is 11.6 Å². The minimum Gasteiger partial charge on any atom is -0.480 e. The second-order valence-electron chi connectivity index (χ2n) is 9.53. The number of hydrogen-bond donors (Lipinski definition) is 2. The summed E-state index contributed by atoms with van der Waals surface area (Å²) in [6, 6.07) is 8.30. The van der Waals surface area contributed by atoms with Crippen LogP contribution in [0.25, 0.3) is 11.3 Å². The van der Waals surface area contributed by atoms with Crippen molar-refractivity contribution in [2.45, 2.75) is 40.7 Å². The summed E-state index contributed by atoms with van der Waals surface area (Å²) >= 11 is 6.32. The van der Waals surface area contributed by atoms with Crippen molar-refractivity contribution in [3.63, 3.8) is 0 Å². The SMILES string of the molecule is COc1cc(C(=O)Nc2c(C)cc3ccnn3c2C(=O)NC(C)C(C)(C)C)n(-c2ncccc2Cl)n1. The van der Waals surface area contributed by atoms with E-state index in [1.54, 1.807) is 30.6 Å². The molecular formula is C25H28ClN7O3. The van der Waals surface area contributed by atoms with Crippen LogP contribution in [-0.4, -0.2) is 49.3 Å². The molecule has 10 nitrogen and oxygen atoms in total.